The summed E-state index contributed by atoms with van der Waals surface area (Å²) in [5, 5.41) is 16.4. The van der Waals surface area contributed by atoms with Gasteiger partial charge in [-0.15, -0.1) is 0 Å². The maximum Gasteiger partial charge on any atom is 0.283 e. The molecule has 0 radical (unpaired) electrons. The van der Waals surface area contributed by atoms with Crippen LogP contribution in [0, 0.1) is 0 Å². The zero-order valence-corrected chi connectivity index (χ0v) is 11.4. The van der Waals surface area contributed by atoms with Gasteiger partial charge < -0.3 is 15.2 Å². The fourth-order valence-corrected chi connectivity index (χ4v) is 1.74. The summed E-state index contributed by atoms with van der Waals surface area (Å²) in [6, 6.07) is 0. The van der Waals surface area contributed by atoms with Gasteiger partial charge in [0.05, 0.1) is 24.6 Å². The smallest absolute Gasteiger partial charge is 0.283 e. The molecule has 17 heavy (non-hydrogen) atoms. The van der Waals surface area contributed by atoms with Gasteiger partial charge in [0.2, 0.25) is 0 Å². The number of nitrogens with one attached hydrogen (secondary N) is 1. The SMILES string of the molecule is CCn1ncc(NCC(O)COC)c(Br)c1=O. The van der Waals surface area contributed by atoms with Crippen LogP contribution >= 0.6 is 15.9 Å². The van der Waals surface area contributed by atoms with E-state index in [2.05, 4.69) is 26.3 Å². The Morgan fingerprint density at radius 2 is 2.41 bits per heavy atom. The van der Waals surface area contributed by atoms with Gasteiger partial charge in [0, 0.05) is 20.2 Å². The molecule has 2 N–H and O–H groups in total. The van der Waals surface area contributed by atoms with Gasteiger partial charge in [-0.2, -0.15) is 5.10 Å². The lowest BCUT2D eigenvalue weighted by atomic mass is 10.3. The van der Waals surface area contributed by atoms with E-state index in [9.17, 15) is 9.90 Å². The normalized spacial score (nSPS) is 12.5. The van der Waals surface area contributed by atoms with Crippen LogP contribution in [0.3, 0.4) is 0 Å². The first-order chi connectivity index (χ1) is 8.10. The van der Waals surface area contributed by atoms with Gasteiger partial charge in [0.25, 0.3) is 5.56 Å². The van der Waals surface area contributed by atoms with Crippen molar-refractivity contribution in [2.24, 2.45) is 0 Å². The number of anilines is 1. The van der Waals surface area contributed by atoms with Crippen molar-refractivity contribution < 1.29 is 9.84 Å². The fourth-order valence-electron chi connectivity index (χ4n) is 1.29. The highest BCUT2D eigenvalue weighted by Crippen LogP contribution is 2.15. The number of halogens is 1. The van der Waals surface area contributed by atoms with Crippen molar-refractivity contribution in [3.05, 3.63) is 21.0 Å². The van der Waals surface area contributed by atoms with E-state index >= 15 is 0 Å². The summed E-state index contributed by atoms with van der Waals surface area (Å²) in [5.41, 5.74) is 0.369. The molecule has 0 aliphatic rings. The molecule has 1 rings (SSSR count). The fraction of sp³-hybridized carbons (Fsp3) is 0.600. The Kier molecular flexibility index (Phi) is 5.60. The van der Waals surface area contributed by atoms with Crippen LogP contribution in [0.25, 0.3) is 0 Å². The van der Waals surface area contributed by atoms with Crippen molar-refractivity contribution in [2.45, 2.75) is 19.6 Å². The van der Waals surface area contributed by atoms with Crippen molar-refractivity contribution >= 4 is 21.6 Å². The molecule has 0 bridgehead atoms. The Hall–Kier alpha value is -0.920. The van der Waals surface area contributed by atoms with E-state index in [-0.39, 0.29) is 12.2 Å². The van der Waals surface area contributed by atoms with Gasteiger partial charge in [-0.25, -0.2) is 4.68 Å². The molecule has 0 saturated heterocycles. The summed E-state index contributed by atoms with van der Waals surface area (Å²) in [6.45, 7) is 2.90. The van der Waals surface area contributed by atoms with Gasteiger partial charge in [0.15, 0.2) is 0 Å². The molecule has 0 amide bonds. The average molecular weight is 306 g/mol. The first-order valence-electron chi connectivity index (χ1n) is 5.26. The summed E-state index contributed by atoms with van der Waals surface area (Å²) < 4.78 is 6.56. The van der Waals surface area contributed by atoms with Gasteiger partial charge in [-0.3, -0.25) is 4.79 Å². The van der Waals surface area contributed by atoms with Gasteiger partial charge in [0.1, 0.15) is 4.47 Å². The van der Waals surface area contributed by atoms with E-state index in [4.69, 9.17) is 4.74 Å². The molecule has 1 aromatic rings. The summed E-state index contributed by atoms with van der Waals surface area (Å²) in [4.78, 5) is 11.7. The first kappa shape index (κ1) is 14.1. The number of rotatable bonds is 6. The van der Waals surface area contributed by atoms with E-state index in [1.54, 1.807) is 6.20 Å². The second kappa shape index (κ2) is 6.73. The zero-order chi connectivity index (χ0) is 12.8. The molecule has 0 saturated carbocycles. The minimum atomic E-state index is -0.625. The number of ether oxygens (including phenoxy) is 1. The predicted octanol–water partition coefficient (Wildman–Crippen LogP) is 0.445. The highest BCUT2D eigenvalue weighted by molar-refractivity contribution is 9.10. The van der Waals surface area contributed by atoms with Gasteiger partial charge >= 0.3 is 0 Å². The molecule has 0 aliphatic carbocycles. The minimum Gasteiger partial charge on any atom is -0.389 e. The Labute approximate surface area is 108 Å². The third-order valence-corrected chi connectivity index (χ3v) is 2.94. The molecular formula is C10H16BrN3O3. The largest absolute Gasteiger partial charge is 0.389 e. The highest BCUT2D eigenvalue weighted by atomic mass is 79.9. The van der Waals surface area contributed by atoms with Crippen LogP contribution in [0.15, 0.2) is 15.5 Å². The summed E-state index contributed by atoms with van der Waals surface area (Å²) >= 11 is 3.21. The summed E-state index contributed by atoms with van der Waals surface area (Å²) in [6.07, 6.45) is 0.926. The van der Waals surface area contributed by atoms with Crippen molar-refractivity contribution in [3.8, 4) is 0 Å². The quantitative estimate of drug-likeness (QED) is 0.798. The molecule has 1 aromatic heterocycles. The molecular weight excluding hydrogens is 290 g/mol. The van der Waals surface area contributed by atoms with Gasteiger partial charge in [-0.1, -0.05) is 0 Å². The van der Waals surface area contributed by atoms with E-state index in [1.807, 2.05) is 6.92 Å². The first-order valence-corrected chi connectivity index (χ1v) is 6.06. The predicted molar refractivity (Wildman–Crippen MR) is 68.2 cm³/mol. The second-order valence-electron chi connectivity index (χ2n) is 3.48. The highest BCUT2D eigenvalue weighted by Gasteiger charge is 2.09. The third kappa shape index (κ3) is 3.79. The van der Waals surface area contributed by atoms with Crippen molar-refractivity contribution in [3.63, 3.8) is 0 Å². The van der Waals surface area contributed by atoms with Crippen LogP contribution in [0.4, 0.5) is 5.69 Å². The van der Waals surface area contributed by atoms with Crippen LogP contribution in [0.1, 0.15) is 6.92 Å². The lowest BCUT2D eigenvalue weighted by Gasteiger charge is -2.13. The Bertz CT molecular complexity index is 422. The molecule has 0 aromatic carbocycles. The zero-order valence-electron chi connectivity index (χ0n) is 9.81. The molecule has 7 heteroatoms. The maximum atomic E-state index is 11.7. The summed E-state index contributed by atoms with van der Waals surface area (Å²) in [5.74, 6) is 0. The average Bonchev–Trinajstić information content (AvgIpc) is 2.31. The molecule has 1 unspecified atom stereocenters. The van der Waals surface area contributed by atoms with Crippen LogP contribution in [0.5, 0.6) is 0 Å². The van der Waals surface area contributed by atoms with Crippen LogP contribution in [-0.4, -0.2) is 41.3 Å². The Balaban J connectivity index is 2.73. The number of aliphatic hydroxyl groups excluding tert-OH is 1. The third-order valence-electron chi connectivity index (χ3n) is 2.17. The number of aliphatic hydroxyl groups is 1. The van der Waals surface area contributed by atoms with Crippen LogP contribution < -0.4 is 10.9 Å². The standard InChI is InChI=1S/C10H16BrN3O3/c1-3-14-10(16)9(11)8(5-13-14)12-4-7(15)6-17-2/h5,7,12,15H,3-4,6H2,1-2H3. The van der Waals surface area contributed by atoms with E-state index in [1.165, 1.54) is 11.8 Å². The van der Waals surface area contributed by atoms with Crippen LogP contribution in [0.2, 0.25) is 0 Å². The van der Waals surface area contributed by atoms with Crippen molar-refractivity contribution in [1.29, 1.82) is 0 Å². The minimum absolute atomic E-state index is 0.196. The van der Waals surface area contributed by atoms with E-state index in [0.29, 0.717) is 23.2 Å². The number of nitrogens with zero attached hydrogens (tertiary/aromatic N) is 2. The molecule has 96 valence electrons. The Morgan fingerprint density at radius 1 is 1.71 bits per heavy atom. The second-order valence-corrected chi connectivity index (χ2v) is 4.28. The van der Waals surface area contributed by atoms with Crippen LogP contribution in [-0.2, 0) is 11.3 Å². The topological polar surface area (TPSA) is 76.4 Å². The van der Waals surface area contributed by atoms with E-state index < -0.39 is 6.10 Å². The number of methoxy groups -OCH3 is 1. The monoisotopic (exact) mass is 305 g/mol. The van der Waals surface area contributed by atoms with E-state index in [0.717, 1.165) is 0 Å². The maximum absolute atomic E-state index is 11.7. The Morgan fingerprint density at radius 3 is 3.00 bits per heavy atom. The summed E-state index contributed by atoms with van der Waals surface area (Å²) in [7, 11) is 1.52. The lowest BCUT2D eigenvalue weighted by Crippen LogP contribution is -2.27. The molecule has 1 atom stereocenters. The van der Waals surface area contributed by atoms with Crippen molar-refractivity contribution in [2.75, 3.05) is 25.6 Å². The number of aryl methyl sites for hydroxylation is 1. The van der Waals surface area contributed by atoms with Crippen molar-refractivity contribution in [1.82, 2.24) is 9.78 Å². The number of aromatic nitrogens is 2. The molecule has 0 aliphatic heterocycles. The molecule has 0 fully saturated rings. The lowest BCUT2D eigenvalue weighted by molar-refractivity contribution is 0.0727. The molecule has 1 heterocycles. The molecule has 0 spiro atoms. The molecule has 6 nitrogen and oxygen atoms in total. The van der Waals surface area contributed by atoms with Gasteiger partial charge in [-0.05, 0) is 22.9 Å². The number of hydrogen-bond acceptors (Lipinski definition) is 5. The number of hydrogen-bond donors (Lipinski definition) is 2.